The SMILES string of the molecule is CN(C(=O)O)[C@H]1CN(C(=O)C2CCN(CC3CC3)CC2)C[C@@H]1c1ccc(Cl)c(Cl)c1. The van der Waals surface area contributed by atoms with Crippen LogP contribution in [0.15, 0.2) is 18.2 Å². The van der Waals surface area contributed by atoms with Gasteiger partial charge in [-0.1, -0.05) is 29.3 Å². The van der Waals surface area contributed by atoms with Crippen LogP contribution < -0.4 is 0 Å². The third kappa shape index (κ3) is 4.71. The average Bonchev–Trinajstić information content (AvgIpc) is 3.44. The number of halogens is 2. The van der Waals surface area contributed by atoms with Crippen LogP contribution in [0.3, 0.4) is 0 Å². The van der Waals surface area contributed by atoms with Crippen LogP contribution in [-0.2, 0) is 4.79 Å². The van der Waals surface area contributed by atoms with Crippen LogP contribution in [0.2, 0.25) is 10.0 Å². The summed E-state index contributed by atoms with van der Waals surface area (Å²) in [5, 5.41) is 10.5. The molecule has 6 nitrogen and oxygen atoms in total. The normalized spacial score (nSPS) is 25.5. The lowest BCUT2D eigenvalue weighted by Crippen LogP contribution is -2.44. The minimum atomic E-state index is -0.993. The zero-order chi connectivity index (χ0) is 21.4. The monoisotopic (exact) mass is 453 g/mol. The molecule has 0 unspecified atom stereocenters. The molecular formula is C22H29Cl2N3O3. The third-order valence-corrected chi connectivity index (χ3v) is 7.66. The first kappa shape index (κ1) is 21.7. The van der Waals surface area contributed by atoms with Gasteiger partial charge in [0.05, 0.1) is 16.1 Å². The van der Waals surface area contributed by atoms with Gasteiger partial charge in [0.1, 0.15) is 0 Å². The number of carboxylic acid groups (broad SMARTS) is 1. The van der Waals surface area contributed by atoms with E-state index in [1.165, 1.54) is 24.3 Å². The van der Waals surface area contributed by atoms with Gasteiger partial charge >= 0.3 is 6.09 Å². The van der Waals surface area contributed by atoms with Crippen molar-refractivity contribution in [2.45, 2.75) is 37.6 Å². The largest absolute Gasteiger partial charge is 0.465 e. The number of likely N-dealkylation sites (N-methyl/N-ethyl adjacent to an activating group) is 1. The molecule has 4 rings (SSSR count). The molecule has 2 heterocycles. The Morgan fingerprint density at radius 1 is 1.10 bits per heavy atom. The highest BCUT2D eigenvalue weighted by atomic mass is 35.5. The van der Waals surface area contributed by atoms with E-state index in [0.717, 1.165) is 37.4 Å². The minimum absolute atomic E-state index is 0.0313. The van der Waals surface area contributed by atoms with Crippen LogP contribution in [0.25, 0.3) is 0 Å². The van der Waals surface area contributed by atoms with Crippen molar-refractivity contribution < 1.29 is 14.7 Å². The summed E-state index contributed by atoms with van der Waals surface area (Å²) in [6.45, 7) is 4.05. The molecule has 30 heavy (non-hydrogen) atoms. The van der Waals surface area contributed by atoms with Crippen molar-refractivity contribution in [3.8, 4) is 0 Å². The number of hydrogen-bond acceptors (Lipinski definition) is 3. The molecule has 3 fully saturated rings. The van der Waals surface area contributed by atoms with Gasteiger partial charge < -0.3 is 19.8 Å². The summed E-state index contributed by atoms with van der Waals surface area (Å²) in [5.41, 5.74) is 0.914. The molecule has 8 heteroatoms. The molecule has 2 saturated heterocycles. The van der Waals surface area contributed by atoms with Gasteiger partial charge in [0.25, 0.3) is 0 Å². The van der Waals surface area contributed by atoms with Crippen molar-refractivity contribution in [3.63, 3.8) is 0 Å². The van der Waals surface area contributed by atoms with Gasteiger partial charge in [0.2, 0.25) is 5.91 Å². The molecule has 1 N–H and O–H groups in total. The van der Waals surface area contributed by atoms with Gasteiger partial charge in [-0.3, -0.25) is 4.79 Å². The zero-order valence-corrected chi connectivity index (χ0v) is 18.8. The Labute approximate surface area is 187 Å². The van der Waals surface area contributed by atoms with Gasteiger partial charge in [-0.25, -0.2) is 4.79 Å². The summed E-state index contributed by atoms with van der Waals surface area (Å²) in [4.78, 5) is 30.6. The molecule has 1 aromatic rings. The molecular weight excluding hydrogens is 425 g/mol. The summed E-state index contributed by atoms with van der Waals surface area (Å²) in [7, 11) is 1.57. The molecule has 0 aromatic heterocycles. The predicted octanol–water partition coefficient (Wildman–Crippen LogP) is 4.02. The Morgan fingerprint density at radius 2 is 1.80 bits per heavy atom. The number of carbonyl (C=O) groups is 2. The Morgan fingerprint density at radius 3 is 2.40 bits per heavy atom. The maximum absolute atomic E-state index is 13.3. The van der Waals surface area contributed by atoms with Gasteiger partial charge in [-0.2, -0.15) is 0 Å². The molecule has 1 saturated carbocycles. The molecule has 164 valence electrons. The average molecular weight is 454 g/mol. The Bertz CT molecular complexity index is 809. The van der Waals surface area contributed by atoms with Crippen molar-refractivity contribution in [2.75, 3.05) is 39.8 Å². The Hall–Kier alpha value is -1.50. The maximum Gasteiger partial charge on any atom is 0.407 e. The first-order valence-corrected chi connectivity index (χ1v) is 11.5. The lowest BCUT2D eigenvalue weighted by atomic mass is 9.93. The van der Waals surface area contributed by atoms with Crippen molar-refractivity contribution in [1.29, 1.82) is 0 Å². The molecule has 0 spiro atoms. The van der Waals surface area contributed by atoms with E-state index in [-0.39, 0.29) is 23.8 Å². The highest BCUT2D eigenvalue weighted by Crippen LogP contribution is 2.36. The third-order valence-electron chi connectivity index (χ3n) is 6.92. The van der Waals surface area contributed by atoms with Crippen LogP contribution in [-0.4, -0.2) is 77.6 Å². The van der Waals surface area contributed by atoms with Gasteiger partial charge in [-0.15, -0.1) is 0 Å². The first-order valence-electron chi connectivity index (χ1n) is 10.8. The fourth-order valence-electron chi connectivity index (χ4n) is 4.86. The van der Waals surface area contributed by atoms with Crippen LogP contribution in [0, 0.1) is 11.8 Å². The Kier molecular flexibility index (Phi) is 6.47. The van der Waals surface area contributed by atoms with E-state index in [1.54, 1.807) is 19.2 Å². The van der Waals surface area contributed by atoms with E-state index in [2.05, 4.69) is 4.90 Å². The number of likely N-dealkylation sites (tertiary alicyclic amines) is 2. The highest BCUT2D eigenvalue weighted by molar-refractivity contribution is 6.42. The molecule has 0 radical (unpaired) electrons. The van der Waals surface area contributed by atoms with E-state index in [0.29, 0.717) is 23.1 Å². The lowest BCUT2D eigenvalue weighted by molar-refractivity contribution is -0.136. The van der Waals surface area contributed by atoms with Crippen molar-refractivity contribution in [2.24, 2.45) is 11.8 Å². The van der Waals surface area contributed by atoms with Crippen LogP contribution in [0.5, 0.6) is 0 Å². The van der Waals surface area contributed by atoms with Crippen LogP contribution in [0.1, 0.15) is 37.2 Å². The second kappa shape index (κ2) is 8.93. The van der Waals surface area contributed by atoms with Crippen molar-refractivity contribution in [1.82, 2.24) is 14.7 Å². The van der Waals surface area contributed by atoms with E-state index < -0.39 is 6.09 Å². The molecule has 2 amide bonds. The number of benzene rings is 1. The second-order valence-corrected chi connectivity index (χ2v) is 9.82. The molecule has 2 aliphatic heterocycles. The summed E-state index contributed by atoms with van der Waals surface area (Å²) < 4.78 is 0. The number of nitrogens with zero attached hydrogens (tertiary/aromatic N) is 3. The highest BCUT2D eigenvalue weighted by Gasteiger charge is 2.42. The minimum Gasteiger partial charge on any atom is -0.465 e. The number of hydrogen-bond donors (Lipinski definition) is 1. The van der Waals surface area contributed by atoms with E-state index >= 15 is 0 Å². The van der Waals surface area contributed by atoms with Crippen molar-refractivity contribution in [3.05, 3.63) is 33.8 Å². The number of carbonyl (C=O) groups excluding carboxylic acids is 1. The quantitative estimate of drug-likeness (QED) is 0.730. The van der Waals surface area contributed by atoms with E-state index in [1.807, 2.05) is 11.0 Å². The molecule has 3 aliphatic rings. The fraction of sp³-hybridized carbons (Fsp3) is 0.636. The molecule has 2 atom stereocenters. The predicted molar refractivity (Wildman–Crippen MR) is 117 cm³/mol. The number of piperidine rings is 1. The number of amides is 2. The summed E-state index contributed by atoms with van der Waals surface area (Å²) in [5.74, 6) is 0.936. The van der Waals surface area contributed by atoms with Gasteiger partial charge in [0.15, 0.2) is 0 Å². The van der Waals surface area contributed by atoms with E-state index in [9.17, 15) is 14.7 Å². The molecule has 1 aliphatic carbocycles. The van der Waals surface area contributed by atoms with Crippen molar-refractivity contribution >= 4 is 35.2 Å². The molecule has 1 aromatic carbocycles. The smallest absolute Gasteiger partial charge is 0.407 e. The lowest BCUT2D eigenvalue weighted by Gasteiger charge is -2.33. The topological polar surface area (TPSA) is 64.1 Å². The van der Waals surface area contributed by atoms with Crippen LogP contribution >= 0.6 is 23.2 Å². The van der Waals surface area contributed by atoms with Gasteiger partial charge in [0, 0.05) is 38.5 Å². The summed E-state index contributed by atoms with van der Waals surface area (Å²) >= 11 is 12.3. The Balaban J connectivity index is 1.45. The van der Waals surface area contributed by atoms with E-state index in [4.69, 9.17) is 23.2 Å². The maximum atomic E-state index is 13.3. The number of rotatable bonds is 5. The summed E-state index contributed by atoms with van der Waals surface area (Å²) in [6, 6.07) is 5.10. The molecule has 0 bridgehead atoms. The van der Waals surface area contributed by atoms with Gasteiger partial charge in [-0.05, 0) is 62.4 Å². The zero-order valence-electron chi connectivity index (χ0n) is 17.3. The standard InChI is InChI=1S/C22H29Cl2N3O3/c1-25(22(29)30)20-13-27(12-17(20)16-4-5-18(23)19(24)10-16)21(28)15-6-8-26(9-7-15)11-14-2-3-14/h4-5,10,14-15,17,20H,2-3,6-9,11-13H2,1H3,(H,29,30)/t17-,20+/m1/s1. The second-order valence-electron chi connectivity index (χ2n) is 9.00. The fourth-order valence-corrected chi connectivity index (χ4v) is 5.16. The van der Waals surface area contributed by atoms with Crippen LogP contribution in [0.4, 0.5) is 4.79 Å². The first-order chi connectivity index (χ1) is 14.3. The summed E-state index contributed by atoms with van der Waals surface area (Å²) in [6.07, 6.45) is 3.48.